The van der Waals surface area contributed by atoms with Crippen LogP contribution in [0.3, 0.4) is 0 Å². The molecule has 2 fully saturated rings. The van der Waals surface area contributed by atoms with Gasteiger partial charge in [0.2, 0.25) is 0 Å². The summed E-state index contributed by atoms with van der Waals surface area (Å²) in [5.41, 5.74) is 2.87. The molecule has 1 aromatic rings. The number of nitrogens with zero attached hydrogens (tertiary/aromatic N) is 3. The third-order valence-electron chi connectivity index (χ3n) is 5.87. The normalized spacial score (nSPS) is 25.1. The Morgan fingerprint density at radius 3 is 2.88 bits per heavy atom. The van der Waals surface area contributed by atoms with Crippen molar-refractivity contribution in [2.45, 2.75) is 50.7 Å². The Bertz CT molecular complexity index is 624. The zero-order valence-corrected chi connectivity index (χ0v) is 15.5. The second kappa shape index (κ2) is 7.24. The first-order chi connectivity index (χ1) is 12.2. The summed E-state index contributed by atoms with van der Waals surface area (Å²) in [6, 6.07) is 10.6. The monoisotopic (exact) mass is 341 g/mol. The maximum Gasteiger partial charge on any atom is 0.191 e. The van der Waals surface area contributed by atoms with E-state index < -0.39 is 0 Å². The lowest BCUT2D eigenvalue weighted by Crippen LogP contribution is -2.49. The molecule has 2 aliphatic heterocycles. The molecule has 2 heterocycles. The molecule has 2 unspecified atom stereocenters. The van der Waals surface area contributed by atoms with Gasteiger partial charge in [0.15, 0.2) is 5.96 Å². The summed E-state index contributed by atoms with van der Waals surface area (Å²) in [6.07, 6.45) is 5.18. The van der Waals surface area contributed by atoms with Crippen LogP contribution in [0, 0.1) is 0 Å². The Hall–Kier alpha value is -1.75. The summed E-state index contributed by atoms with van der Waals surface area (Å²) < 4.78 is 0. The van der Waals surface area contributed by atoms with Crippen molar-refractivity contribution in [3.8, 4) is 0 Å². The van der Waals surface area contributed by atoms with Crippen LogP contribution < -0.4 is 15.5 Å². The number of hydrogen-bond donors (Lipinski definition) is 2. The first-order valence-corrected chi connectivity index (χ1v) is 9.80. The van der Waals surface area contributed by atoms with E-state index >= 15 is 0 Å². The number of hydrogen-bond acceptors (Lipinski definition) is 3. The fourth-order valence-corrected chi connectivity index (χ4v) is 4.24. The Morgan fingerprint density at radius 1 is 1.24 bits per heavy atom. The lowest BCUT2D eigenvalue weighted by Gasteiger charge is -2.28. The number of guanidine groups is 1. The Kier molecular flexibility index (Phi) is 4.84. The first-order valence-electron chi connectivity index (χ1n) is 9.80. The molecule has 3 aliphatic rings. The largest absolute Gasteiger partial charge is 0.366 e. The number of benzene rings is 1. The molecule has 2 N–H and O–H groups in total. The highest BCUT2D eigenvalue weighted by molar-refractivity contribution is 5.80. The minimum absolute atomic E-state index is 0.453. The molecule has 0 aromatic heterocycles. The molecule has 0 radical (unpaired) electrons. The van der Waals surface area contributed by atoms with Crippen molar-refractivity contribution in [1.82, 2.24) is 15.5 Å². The van der Waals surface area contributed by atoms with Gasteiger partial charge in [0.1, 0.15) is 0 Å². The molecule has 5 heteroatoms. The third kappa shape index (κ3) is 3.76. The van der Waals surface area contributed by atoms with Crippen molar-refractivity contribution >= 4 is 11.6 Å². The maximum absolute atomic E-state index is 4.44. The van der Waals surface area contributed by atoms with Crippen LogP contribution >= 0.6 is 0 Å². The van der Waals surface area contributed by atoms with Gasteiger partial charge < -0.3 is 15.5 Å². The fourth-order valence-electron chi connectivity index (χ4n) is 4.24. The highest BCUT2D eigenvalue weighted by Gasteiger charge is 2.34. The van der Waals surface area contributed by atoms with E-state index in [1.165, 1.54) is 43.6 Å². The molecule has 0 bridgehead atoms. The van der Waals surface area contributed by atoms with E-state index in [0.29, 0.717) is 12.1 Å². The summed E-state index contributed by atoms with van der Waals surface area (Å²) >= 11 is 0. The van der Waals surface area contributed by atoms with Crippen LogP contribution in [0.15, 0.2) is 29.3 Å². The summed E-state index contributed by atoms with van der Waals surface area (Å²) in [6.45, 7) is 6.73. The average Bonchev–Trinajstić information content (AvgIpc) is 3.23. The maximum atomic E-state index is 4.44. The van der Waals surface area contributed by atoms with Gasteiger partial charge in [0, 0.05) is 57.0 Å². The zero-order chi connectivity index (χ0) is 17.2. The Labute approximate surface area is 151 Å². The summed E-state index contributed by atoms with van der Waals surface area (Å²) in [5.74, 6) is 0.946. The van der Waals surface area contributed by atoms with Crippen molar-refractivity contribution in [2.75, 3.05) is 38.1 Å². The van der Waals surface area contributed by atoms with Crippen molar-refractivity contribution in [1.29, 1.82) is 0 Å². The number of anilines is 1. The van der Waals surface area contributed by atoms with Crippen LogP contribution in [0.1, 0.15) is 31.7 Å². The fraction of sp³-hybridized carbons (Fsp3) is 0.650. The molecule has 1 saturated carbocycles. The smallest absolute Gasteiger partial charge is 0.191 e. The van der Waals surface area contributed by atoms with Gasteiger partial charge in [-0.05, 0) is 44.2 Å². The zero-order valence-electron chi connectivity index (χ0n) is 15.5. The molecule has 1 aromatic carbocycles. The van der Waals surface area contributed by atoms with E-state index in [1.54, 1.807) is 0 Å². The topological polar surface area (TPSA) is 42.9 Å². The van der Waals surface area contributed by atoms with Crippen LogP contribution in [0.5, 0.6) is 0 Å². The van der Waals surface area contributed by atoms with Crippen LogP contribution in [-0.2, 0) is 6.42 Å². The van der Waals surface area contributed by atoms with E-state index in [-0.39, 0.29) is 0 Å². The predicted molar refractivity (Wildman–Crippen MR) is 104 cm³/mol. The number of para-hydroxylation sites is 1. The number of fused-ring (bicyclic) bond motifs is 1. The van der Waals surface area contributed by atoms with Crippen molar-refractivity contribution < 1.29 is 0 Å². The number of likely N-dealkylation sites (tertiary alicyclic amines) is 1. The molecular weight excluding hydrogens is 310 g/mol. The molecule has 4 rings (SSSR count). The second-order valence-electron chi connectivity index (χ2n) is 7.73. The molecule has 2 atom stereocenters. The summed E-state index contributed by atoms with van der Waals surface area (Å²) in [7, 11) is 1.87. The van der Waals surface area contributed by atoms with Crippen LogP contribution in [0.2, 0.25) is 0 Å². The molecule has 1 aliphatic carbocycles. The van der Waals surface area contributed by atoms with Gasteiger partial charge >= 0.3 is 0 Å². The van der Waals surface area contributed by atoms with Gasteiger partial charge in [0.05, 0.1) is 0 Å². The van der Waals surface area contributed by atoms with E-state index in [4.69, 9.17) is 0 Å². The van der Waals surface area contributed by atoms with Gasteiger partial charge in [-0.25, -0.2) is 0 Å². The van der Waals surface area contributed by atoms with Crippen LogP contribution in [0.25, 0.3) is 0 Å². The quantitative estimate of drug-likeness (QED) is 0.634. The van der Waals surface area contributed by atoms with E-state index in [9.17, 15) is 0 Å². The minimum Gasteiger partial charge on any atom is -0.366 e. The molecule has 0 amide bonds. The van der Waals surface area contributed by atoms with Crippen molar-refractivity contribution in [3.05, 3.63) is 29.8 Å². The van der Waals surface area contributed by atoms with Gasteiger partial charge in [-0.1, -0.05) is 18.2 Å². The Morgan fingerprint density at radius 2 is 2.08 bits per heavy atom. The summed E-state index contributed by atoms with van der Waals surface area (Å²) in [4.78, 5) is 9.58. The van der Waals surface area contributed by atoms with Gasteiger partial charge in [-0.15, -0.1) is 0 Å². The molecule has 136 valence electrons. The summed E-state index contributed by atoms with van der Waals surface area (Å²) in [5, 5.41) is 7.16. The molecular formula is C20H31N5. The van der Waals surface area contributed by atoms with Crippen LogP contribution in [0.4, 0.5) is 5.69 Å². The lowest BCUT2D eigenvalue weighted by atomic mass is 10.2. The van der Waals surface area contributed by atoms with Gasteiger partial charge in [0.25, 0.3) is 0 Å². The van der Waals surface area contributed by atoms with Crippen molar-refractivity contribution in [3.63, 3.8) is 0 Å². The minimum atomic E-state index is 0.453. The highest BCUT2D eigenvalue weighted by atomic mass is 15.3. The van der Waals surface area contributed by atoms with E-state index in [1.807, 2.05) is 7.05 Å². The Balaban J connectivity index is 1.27. The number of nitrogens with one attached hydrogen (secondary N) is 2. The van der Waals surface area contributed by atoms with Gasteiger partial charge in [-0.3, -0.25) is 9.89 Å². The molecule has 5 nitrogen and oxygen atoms in total. The standard InChI is InChI=1S/C20H31N5/c1-15(25-12-9-16-5-3-4-6-19(16)25)13-22-20(21-2)23-17-10-11-24(14-17)18-7-8-18/h3-6,15,17-18H,7-14H2,1-2H3,(H2,21,22,23). The second-order valence-corrected chi connectivity index (χ2v) is 7.73. The van der Waals surface area contributed by atoms with E-state index in [2.05, 4.69) is 56.6 Å². The SMILES string of the molecule is CN=C(NCC(C)N1CCc2ccccc21)NC1CCN(C2CC2)C1. The average molecular weight is 342 g/mol. The molecule has 0 spiro atoms. The third-order valence-corrected chi connectivity index (χ3v) is 5.87. The molecule has 1 saturated heterocycles. The molecule has 25 heavy (non-hydrogen) atoms. The lowest BCUT2D eigenvalue weighted by molar-refractivity contribution is 0.321. The number of aliphatic imine (C=N–C) groups is 1. The number of rotatable bonds is 5. The van der Waals surface area contributed by atoms with Gasteiger partial charge in [-0.2, -0.15) is 0 Å². The highest BCUT2D eigenvalue weighted by Crippen LogP contribution is 2.30. The first kappa shape index (κ1) is 16.7. The predicted octanol–water partition coefficient (Wildman–Crippen LogP) is 1.84. The van der Waals surface area contributed by atoms with Crippen molar-refractivity contribution in [2.24, 2.45) is 4.99 Å². The van der Waals surface area contributed by atoms with E-state index in [0.717, 1.165) is 31.5 Å². The van der Waals surface area contributed by atoms with Crippen LogP contribution in [-0.4, -0.2) is 62.2 Å².